The zero-order valence-corrected chi connectivity index (χ0v) is 20.5. The molecule has 170 valence electrons. The van der Waals surface area contributed by atoms with E-state index < -0.39 is 5.60 Å². The van der Waals surface area contributed by atoms with Gasteiger partial charge in [-0.05, 0) is 49.2 Å². The van der Waals surface area contributed by atoms with E-state index in [2.05, 4.69) is 20.9 Å². The van der Waals surface area contributed by atoms with Gasteiger partial charge in [0.1, 0.15) is 5.60 Å². The molecule has 0 bridgehead atoms. The number of guanidine groups is 1. The smallest absolute Gasteiger partial charge is 0.291 e. The van der Waals surface area contributed by atoms with Gasteiger partial charge in [-0.3, -0.25) is 4.79 Å². The number of aliphatic hydroxyl groups is 1. The topological polar surface area (TPSA) is 98.9 Å². The number of amides is 1. The molecule has 0 saturated heterocycles. The minimum atomic E-state index is -1.03. The zero-order chi connectivity index (χ0) is 22.1. The van der Waals surface area contributed by atoms with Crippen LogP contribution in [-0.2, 0) is 12.1 Å². The number of nitrogens with one attached hydrogen (secondary N) is 3. The first kappa shape index (κ1) is 25.4. The van der Waals surface area contributed by atoms with E-state index in [0.29, 0.717) is 31.3 Å². The number of carbonyl (C=O) groups excluding carboxylic acids is 1. The second-order valence-corrected chi connectivity index (χ2v) is 7.32. The molecule has 2 aromatic carbocycles. The number of rotatable bonds is 8. The molecule has 0 radical (unpaired) electrons. The maximum atomic E-state index is 12.2. The number of benzene rings is 2. The number of furan rings is 1. The molecular weight excluding hydrogens is 519 g/mol. The van der Waals surface area contributed by atoms with Crippen LogP contribution in [0.3, 0.4) is 0 Å². The van der Waals surface area contributed by atoms with E-state index in [4.69, 9.17) is 4.42 Å². The van der Waals surface area contributed by atoms with Crippen molar-refractivity contribution in [2.24, 2.45) is 4.99 Å². The number of aliphatic imine (C=N–C) groups is 1. The molecule has 0 aliphatic heterocycles. The van der Waals surface area contributed by atoms with Gasteiger partial charge in [-0.15, -0.1) is 24.0 Å². The van der Waals surface area contributed by atoms with Crippen molar-refractivity contribution in [3.63, 3.8) is 0 Å². The molecule has 8 heteroatoms. The van der Waals surface area contributed by atoms with Crippen molar-refractivity contribution in [3.05, 3.63) is 89.9 Å². The van der Waals surface area contributed by atoms with Gasteiger partial charge in [0, 0.05) is 12.2 Å². The van der Waals surface area contributed by atoms with Crippen LogP contribution < -0.4 is 16.0 Å². The molecule has 1 unspecified atom stereocenters. The van der Waals surface area contributed by atoms with Gasteiger partial charge in [-0.25, -0.2) is 4.99 Å². The molecule has 1 aromatic heterocycles. The molecule has 0 aliphatic carbocycles. The highest BCUT2D eigenvalue weighted by molar-refractivity contribution is 14.0. The van der Waals surface area contributed by atoms with Gasteiger partial charge in [-0.2, -0.15) is 0 Å². The lowest BCUT2D eigenvalue weighted by Crippen LogP contribution is -2.44. The SMILES string of the molecule is CCNC(=NCc1cccc(NC(=O)c2ccco2)c1)NCC(C)(O)c1ccccc1.I. The highest BCUT2D eigenvalue weighted by Gasteiger charge is 2.22. The van der Waals surface area contributed by atoms with Crippen LogP contribution in [0.25, 0.3) is 0 Å². The van der Waals surface area contributed by atoms with Crippen molar-refractivity contribution in [2.45, 2.75) is 26.0 Å². The van der Waals surface area contributed by atoms with Crippen molar-refractivity contribution in [3.8, 4) is 0 Å². The van der Waals surface area contributed by atoms with Gasteiger partial charge in [0.25, 0.3) is 5.91 Å². The molecule has 1 heterocycles. The minimum Gasteiger partial charge on any atom is -0.459 e. The lowest BCUT2D eigenvalue weighted by Gasteiger charge is -2.25. The van der Waals surface area contributed by atoms with E-state index in [0.717, 1.165) is 11.1 Å². The third kappa shape index (κ3) is 7.38. The maximum absolute atomic E-state index is 12.2. The second-order valence-electron chi connectivity index (χ2n) is 7.32. The quantitative estimate of drug-likeness (QED) is 0.193. The van der Waals surface area contributed by atoms with E-state index >= 15 is 0 Å². The maximum Gasteiger partial charge on any atom is 0.291 e. The number of carbonyl (C=O) groups is 1. The highest BCUT2D eigenvalue weighted by atomic mass is 127. The van der Waals surface area contributed by atoms with Crippen molar-refractivity contribution < 1.29 is 14.3 Å². The van der Waals surface area contributed by atoms with Crippen molar-refractivity contribution >= 4 is 41.5 Å². The molecule has 0 saturated carbocycles. The summed E-state index contributed by atoms with van der Waals surface area (Å²) in [6, 6.07) is 20.3. The Bertz CT molecular complexity index is 1010. The molecule has 0 aliphatic rings. The lowest BCUT2D eigenvalue weighted by atomic mass is 9.96. The third-order valence-corrected chi connectivity index (χ3v) is 4.69. The fraction of sp³-hybridized carbons (Fsp3) is 0.250. The molecule has 1 amide bonds. The first-order chi connectivity index (χ1) is 15.0. The van der Waals surface area contributed by atoms with Gasteiger partial charge in [0.15, 0.2) is 11.7 Å². The van der Waals surface area contributed by atoms with Crippen molar-refractivity contribution in [1.82, 2.24) is 10.6 Å². The molecule has 32 heavy (non-hydrogen) atoms. The summed E-state index contributed by atoms with van der Waals surface area (Å²) in [6.45, 7) is 5.16. The van der Waals surface area contributed by atoms with Gasteiger partial charge >= 0.3 is 0 Å². The predicted molar refractivity (Wildman–Crippen MR) is 137 cm³/mol. The van der Waals surface area contributed by atoms with Crippen LogP contribution in [0.2, 0.25) is 0 Å². The number of hydrogen-bond acceptors (Lipinski definition) is 4. The molecule has 1 atom stereocenters. The minimum absolute atomic E-state index is 0. The zero-order valence-electron chi connectivity index (χ0n) is 18.2. The van der Waals surface area contributed by atoms with E-state index in [-0.39, 0.29) is 35.6 Å². The van der Waals surface area contributed by atoms with Gasteiger partial charge in [0.2, 0.25) is 0 Å². The molecule has 4 N–H and O–H groups in total. The summed E-state index contributed by atoms with van der Waals surface area (Å²) in [5, 5.41) is 20.0. The summed E-state index contributed by atoms with van der Waals surface area (Å²) in [6.07, 6.45) is 1.46. The van der Waals surface area contributed by atoms with Gasteiger partial charge in [0.05, 0.1) is 19.4 Å². The average Bonchev–Trinajstić information content (AvgIpc) is 3.32. The number of nitrogens with zero attached hydrogens (tertiary/aromatic N) is 1. The first-order valence-corrected chi connectivity index (χ1v) is 10.2. The van der Waals surface area contributed by atoms with Crippen LogP contribution in [0, 0.1) is 0 Å². The molecule has 3 aromatic rings. The molecular formula is C24H29IN4O3. The summed E-state index contributed by atoms with van der Waals surface area (Å²) < 4.78 is 5.12. The summed E-state index contributed by atoms with van der Waals surface area (Å²) >= 11 is 0. The van der Waals surface area contributed by atoms with Crippen LogP contribution in [-0.4, -0.2) is 30.1 Å². The number of halogens is 1. The van der Waals surface area contributed by atoms with E-state index in [1.807, 2.05) is 61.5 Å². The van der Waals surface area contributed by atoms with Crippen LogP contribution in [0.1, 0.15) is 35.5 Å². The Morgan fingerprint density at radius 1 is 1.06 bits per heavy atom. The average molecular weight is 548 g/mol. The molecule has 7 nitrogen and oxygen atoms in total. The fourth-order valence-corrected chi connectivity index (χ4v) is 3.02. The first-order valence-electron chi connectivity index (χ1n) is 10.2. The Balaban J connectivity index is 0.00000363. The Morgan fingerprint density at radius 2 is 1.84 bits per heavy atom. The summed E-state index contributed by atoms with van der Waals surface area (Å²) in [7, 11) is 0. The van der Waals surface area contributed by atoms with Crippen LogP contribution in [0.4, 0.5) is 5.69 Å². The predicted octanol–water partition coefficient (Wildman–Crippen LogP) is 4.11. The van der Waals surface area contributed by atoms with Crippen molar-refractivity contribution in [2.75, 3.05) is 18.4 Å². The Kier molecular flexibility index (Phi) is 9.73. The van der Waals surface area contributed by atoms with Crippen LogP contribution in [0.5, 0.6) is 0 Å². The monoisotopic (exact) mass is 548 g/mol. The summed E-state index contributed by atoms with van der Waals surface area (Å²) in [4.78, 5) is 16.8. The van der Waals surface area contributed by atoms with Crippen molar-refractivity contribution in [1.29, 1.82) is 0 Å². The standard InChI is InChI=1S/C24H28N4O3.HI/c1-3-25-23(27-17-24(2,30)19-10-5-4-6-11-19)26-16-18-9-7-12-20(15-18)28-22(29)21-13-8-14-31-21;/h4-15,30H,3,16-17H2,1-2H3,(H,28,29)(H2,25,26,27);1H. The van der Waals surface area contributed by atoms with E-state index in [9.17, 15) is 9.90 Å². The van der Waals surface area contributed by atoms with Gasteiger partial charge in [-0.1, -0.05) is 42.5 Å². The second kappa shape index (κ2) is 12.3. The number of anilines is 1. The summed E-state index contributed by atoms with van der Waals surface area (Å²) in [5.74, 6) is 0.556. The molecule has 0 fully saturated rings. The Labute approximate surface area is 205 Å². The molecule has 3 rings (SSSR count). The third-order valence-electron chi connectivity index (χ3n) is 4.69. The molecule has 0 spiro atoms. The Hall–Kier alpha value is -2.85. The Morgan fingerprint density at radius 3 is 2.53 bits per heavy atom. The fourth-order valence-electron chi connectivity index (χ4n) is 3.02. The van der Waals surface area contributed by atoms with Crippen LogP contribution >= 0.6 is 24.0 Å². The van der Waals surface area contributed by atoms with Crippen LogP contribution in [0.15, 0.2) is 82.4 Å². The summed E-state index contributed by atoms with van der Waals surface area (Å²) in [5.41, 5.74) is 1.40. The number of hydrogen-bond donors (Lipinski definition) is 4. The van der Waals surface area contributed by atoms with E-state index in [1.165, 1.54) is 6.26 Å². The normalized spacial score (nSPS) is 12.9. The highest BCUT2D eigenvalue weighted by Crippen LogP contribution is 2.19. The lowest BCUT2D eigenvalue weighted by molar-refractivity contribution is 0.0617. The largest absolute Gasteiger partial charge is 0.459 e. The van der Waals surface area contributed by atoms with Gasteiger partial charge < -0.3 is 25.5 Å². The van der Waals surface area contributed by atoms with E-state index in [1.54, 1.807) is 19.1 Å².